The van der Waals surface area contributed by atoms with E-state index in [1.165, 1.54) is 6.07 Å². The van der Waals surface area contributed by atoms with Crippen LogP contribution in [0.5, 0.6) is 0 Å². The van der Waals surface area contributed by atoms with Gasteiger partial charge in [0, 0.05) is 24.8 Å². The first-order chi connectivity index (χ1) is 14.4. The topological polar surface area (TPSA) is 95.6 Å². The average molecular weight is 430 g/mol. The highest BCUT2D eigenvalue weighted by molar-refractivity contribution is 7.91. The maximum absolute atomic E-state index is 12.8. The van der Waals surface area contributed by atoms with Crippen LogP contribution in [0.1, 0.15) is 36.5 Å². The number of carbonyl (C=O) groups is 2. The molecule has 1 fully saturated rings. The number of para-hydroxylation sites is 1. The molecule has 0 atom stereocenters. The van der Waals surface area contributed by atoms with E-state index < -0.39 is 15.7 Å². The molecule has 7 nitrogen and oxygen atoms in total. The summed E-state index contributed by atoms with van der Waals surface area (Å²) in [5, 5.41) is 5.80. The molecule has 2 aromatic carbocycles. The summed E-state index contributed by atoms with van der Waals surface area (Å²) in [6.07, 6.45) is 1.71. The van der Waals surface area contributed by atoms with Crippen LogP contribution in [-0.4, -0.2) is 50.1 Å². The molecule has 1 aliphatic heterocycles. The number of anilines is 1. The number of amides is 3. The van der Waals surface area contributed by atoms with Gasteiger partial charge < -0.3 is 15.5 Å². The normalized spacial score (nSPS) is 14.9. The van der Waals surface area contributed by atoms with Gasteiger partial charge in [-0.3, -0.25) is 4.79 Å². The van der Waals surface area contributed by atoms with E-state index in [1.807, 2.05) is 30.3 Å². The van der Waals surface area contributed by atoms with E-state index in [0.717, 1.165) is 5.69 Å². The van der Waals surface area contributed by atoms with Crippen LogP contribution < -0.4 is 10.6 Å². The lowest BCUT2D eigenvalue weighted by molar-refractivity contribution is 0.0916. The number of carbonyl (C=O) groups excluding carboxylic acids is 2. The molecular formula is C22H27N3O4S. The lowest BCUT2D eigenvalue weighted by Crippen LogP contribution is -2.47. The summed E-state index contributed by atoms with van der Waals surface area (Å²) in [7, 11) is -3.50. The second-order valence-electron chi connectivity index (χ2n) is 7.35. The third-order valence-corrected chi connectivity index (χ3v) is 7.05. The Hall–Kier alpha value is -2.87. The molecule has 2 N–H and O–H groups in total. The van der Waals surface area contributed by atoms with E-state index in [0.29, 0.717) is 32.4 Å². The highest BCUT2D eigenvalue weighted by atomic mass is 32.2. The maximum Gasteiger partial charge on any atom is 0.321 e. The van der Waals surface area contributed by atoms with E-state index in [4.69, 9.17) is 0 Å². The highest BCUT2D eigenvalue weighted by Crippen LogP contribution is 2.19. The zero-order chi connectivity index (χ0) is 21.6. The van der Waals surface area contributed by atoms with Gasteiger partial charge in [-0.1, -0.05) is 37.3 Å². The number of hydrogen-bond donors (Lipinski definition) is 2. The van der Waals surface area contributed by atoms with Gasteiger partial charge >= 0.3 is 6.03 Å². The minimum Gasteiger partial charge on any atom is -0.349 e. The molecule has 0 aromatic heterocycles. The summed E-state index contributed by atoms with van der Waals surface area (Å²) in [6, 6.07) is 15.3. The van der Waals surface area contributed by atoms with Crippen LogP contribution in [0.4, 0.5) is 10.5 Å². The Labute approximate surface area is 177 Å². The molecule has 1 saturated heterocycles. The number of urea groups is 1. The molecule has 30 heavy (non-hydrogen) atoms. The monoisotopic (exact) mass is 429 g/mol. The standard InChI is InChI=1S/C22H27N3O4S/c1-2-16-30(28,29)20-11-7-6-10-19(20)21(26)23-18-12-14-25(15-13-18)22(27)24-17-8-4-3-5-9-17/h3-11,18H,2,12-16H2,1H3,(H,23,26)(H,24,27). The van der Waals surface area contributed by atoms with E-state index in [9.17, 15) is 18.0 Å². The molecule has 160 valence electrons. The zero-order valence-corrected chi connectivity index (χ0v) is 17.8. The minimum atomic E-state index is -3.50. The van der Waals surface area contributed by atoms with Crippen LogP contribution in [0, 0.1) is 0 Å². The summed E-state index contributed by atoms with van der Waals surface area (Å²) in [5.74, 6) is -0.385. The quantitative estimate of drug-likeness (QED) is 0.736. The predicted molar refractivity (Wildman–Crippen MR) is 116 cm³/mol. The van der Waals surface area contributed by atoms with Gasteiger partial charge in [-0.2, -0.15) is 0 Å². The van der Waals surface area contributed by atoms with Gasteiger partial charge in [0.25, 0.3) is 5.91 Å². The molecular weight excluding hydrogens is 402 g/mol. The van der Waals surface area contributed by atoms with Gasteiger partial charge in [0.05, 0.1) is 16.2 Å². The fraction of sp³-hybridized carbons (Fsp3) is 0.364. The van der Waals surface area contributed by atoms with Crippen molar-refractivity contribution in [3.63, 3.8) is 0 Å². The first kappa shape index (κ1) is 21.8. The first-order valence-electron chi connectivity index (χ1n) is 10.1. The van der Waals surface area contributed by atoms with E-state index in [2.05, 4.69) is 10.6 Å². The number of nitrogens with zero attached hydrogens (tertiary/aromatic N) is 1. The fourth-order valence-electron chi connectivity index (χ4n) is 3.52. The average Bonchev–Trinajstić information content (AvgIpc) is 2.75. The van der Waals surface area contributed by atoms with Gasteiger partial charge in [-0.15, -0.1) is 0 Å². The maximum atomic E-state index is 12.8. The van der Waals surface area contributed by atoms with Crippen molar-refractivity contribution in [2.75, 3.05) is 24.2 Å². The number of likely N-dealkylation sites (tertiary alicyclic amines) is 1. The largest absolute Gasteiger partial charge is 0.349 e. The Morgan fingerprint density at radius 3 is 2.30 bits per heavy atom. The lowest BCUT2D eigenvalue weighted by Gasteiger charge is -2.32. The molecule has 0 unspecified atom stereocenters. The van der Waals surface area contributed by atoms with Crippen molar-refractivity contribution >= 4 is 27.5 Å². The van der Waals surface area contributed by atoms with Gasteiger partial charge in [0.1, 0.15) is 0 Å². The van der Waals surface area contributed by atoms with E-state index >= 15 is 0 Å². The zero-order valence-electron chi connectivity index (χ0n) is 17.0. The number of hydrogen-bond acceptors (Lipinski definition) is 4. The van der Waals surface area contributed by atoms with Crippen molar-refractivity contribution in [3.05, 3.63) is 60.2 Å². The molecule has 1 aliphatic rings. The predicted octanol–water partition coefficient (Wildman–Crippen LogP) is 3.30. The fourth-order valence-corrected chi connectivity index (χ4v) is 5.06. The van der Waals surface area contributed by atoms with E-state index in [-0.39, 0.29) is 28.3 Å². The third-order valence-electron chi connectivity index (χ3n) is 5.08. The summed E-state index contributed by atoms with van der Waals surface area (Å²) in [4.78, 5) is 27.0. The molecule has 3 amide bonds. The van der Waals surface area contributed by atoms with Crippen LogP contribution in [0.3, 0.4) is 0 Å². The molecule has 0 radical (unpaired) electrons. The number of nitrogens with one attached hydrogen (secondary N) is 2. The first-order valence-corrected chi connectivity index (χ1v) is 11.8. The molecule has 1 heterocycles. The second kappa shape index (κ2) is 9.75. The van der Waals surface area contributed by atoms with Gasteiger partial charge in [-0.05, 0) is 43.5 Å². The molecule has 8 heteroatoms. The Morgan fingerprint density at radius 2 is 1.63 bits per heavy atom. The Kier molecular flexibility index (Phi) is 7.10. The summed E-state index contributed by atoms with van der Waals surface area (Å²) in [5.41, 5.74) is 0.915. The highest BCUT2D eigenvalue weighted by Gasteiger charge is 2.26. The van der Waals surface area contributed by atoms with Crippen molar-refractivity contribution in [1.82, 2.24) is 10.2 Å². The summed E-state index contributed by atoms with van der Waals surface area (Å²) >= 11 is 0. The molecule has 0 spiro atoms. The van der Waals surface area contributed by atoms with Crippen molar-refractivity contribution in [1.29, 1.82) is 0 Å². The number of benzene rings is 2. The van der Waals surface area contributed by atoms with Gasteiger partial charge in [0.15, 0.2) is 9.84 Å². The van der Waals surface area contributed by atoms with Gasteiger partial charge in [0.2, 0.25) is 0 Å². The smallest absolute Gasteiger partial charge is 0.321 e. The summed E-state index contributed by atoms with van der Waals surface area (Å²) < 4.78 is 25.0. The van der Waals surface area contributed by atoms with Crippen molar-refractivity contribution < 1.29 is 18.0 Å². The Morgan fingerprint density at radius 1 is 1.00 bits per heavy atom. The molecule has 0 aliphatic carbocycles. The van der Waals surface area contributed by atoms with Crippen molar-refractivity contribution in [2.45, 2.75) is 37.1 Å². The molecule has 0 bridgehead atoms. The van der Waals surface area contributed by atoms with Gasteiger partial charge in [-0.25, -0.2) is 13.2 Å². The SMILES string of the molecule is CCCS(=O)(=O)c1ccccc1C(=O)NC1CCN(C(=O)Nc2ccccc2)CC1. The van der Waals surface area contributed by atoms with E-state index in [1.54, 1.807) is 30.0 Å². The van der Waals surface area contributed by atoms with Crippen molar-refractivity contribution in [2.24, 2.45) is 0 Å². The van der Waals surface area contributed by atoms with Crippen LogP contribution in [0.25, 0.3) is 0 Å². The third kappa shape index (κ3) is 5.38. The van der Waals surface area contributed by atoms with Crippen LogP contribution >= 0.6 is 0 Å². The van der Waals surface area contributed by atoms with Crippen LogP contribution in [0.2, 0.25) is 0 Å². The lowest BCUT2D eigenvalue weighted by atomic mass is 10.0. The number of sulfone groups is 1. The van der Waals surface area contributed by atoms with Crippen LogP contribution in [0.15, 0.2) is 59.5 Å². The Bertz CT molecular complexity index is 984. The second-order valence-corrected chi connectivity index (χ2v) is 9.42. The number of piperidine rings is 1. The Balaban J connectivity index is 1.58. The number of rotatable bonds is 6. The van der Waals surface area contributed by atoms with Crippen LogP contribution in [-0.2, 0) is 9.84 Å². The molecule has 2 aromatic rings. The van der Waals surface area contributed by atoms with Crippen molar-refractivity contribution in [3.8, 4) is 0 Å². The molecule has 0 saturated carbocycles. The summed E-state index contributed by atoms with van der Waals surface area (Å²) in [6.45, 7) is 2.82. The molecule has 3 rings (SSSR count). The minimum absolute atomic E-state index is 0.00616.